The number of nitrogens with zero attached hydrogens (tertiary/aromatic N) is 2. The van der Waals surface area contributed by atoms with E-state index >= 15 is 0 Å². The van der Waals surface area contributed by atoms with Crippen LogP contribution in [0.2, 0.25) is 0 Å². The van der Waals surface area contributed by atoms with Crippen molar-refractivity contribution in [2.45, 2.75) is 59.0 Å². The average Bonchev–Trinajstić information content (AvgIpc) is 3.18. The Kier molecular flexibility index (Phi) is 15.3. The van der Waals surface area contributed by atoms with E-state index in [0.717, 1.165) is 70.3 Å². The first-order chi connectivity index (χ1) is 26.8. The number of hydrogen-bond acceptors (Lipinski definition) is 10. The summed E-state index contributed by atoms with van der Waals surface area (Å²) in [7, 11) is 0. The highest BCUT2D eigenvalue weighted by atomic mass is 35.5. The van der Waals surface area contributed by atoms with Gasteiger partial charge in [-0.05, 0) is 73.9 Å². The van der Waals surface area contributed by atoms with E-state index in [1.54, 1.807) is 12.2 Å². The molecular formula is C45H55ClN2O8. The lowest BCUT2D eigenvalue weighted by Crippen LogP contribution is -2.37. The minimum absolute atomic E-state index is 0. The van der Waals surface area contributed by atoms with E-state index in [4.69, 9.17) is 27.8 Å². The van der Waals surface area contributed by atoms with Gasteiger partial charge in [-0.15, -0.1) is 38.7 Å². The first kappa shape index (κ1) is 42.7. The van der Waals surface area contributed by atoms with Crippen molar-refractivity contribution in [3.8, 4) is 11.5 Å². The molecule has 2 saturated heterocycles. The first-order valence-corrected chi connectivity index (χ1v) is 19.3. The Morgan fingerprint density at radius 3 is 1.34 bits per heavy atom. The van der Waals surface area contributed by atoms with Crippen LogP contribution < -0.4 is 20.7 Å². The summed E-state index contributed by atoms with van der Waals surface area (Å²) in [5, 5.41) is 1.78. The molecule has 2 fully saturated rings. The van der Waals surface area contributed by atoms with Gasteiger partial charge in [0.1, 0.15) is 22.7 Å². The molecule has 11 heteroatoms. The van der Waals surface area contributed by atoms with Crippen molar-refractivity contribution in [1.82, 2.24) is 9.80 Å². The van der Waals surface area contributed by atoms with Crippen LogP contribution in [0.15, 0.2) is 81.2 Å². The topological polar surface area (TPSA) is 104 Å². The quantitative estimate of drug-likeness (QED) is 0.0578. The predicted molar refractivity (Wildman–Crippen MR) is 225 cm³/mol. The molecule has 4 aromatic rings. The molecule has 4 heterocycles. The molecule has 0 radical (unpaired) electrons. The molecule has 0 aliphatic carbocycles. The highest BCUT2D eigenvalue weighted by molar-refractivity contribution is 5.88. The number of allylic oxidation sites excluding steroid dienone is 4. The van der Waals surface area contributed by atoms with Crippen LogP contribution in [-0.2, 0) is 48.2 Å². The van der Waals surface area contributed by atoms with Crippen LogP contribution in [0.4, 0.5) is 0 Å². The third-order valence-electron chi connectivity index (χ3n) is 10.6. The summed E-state index contributed by atoms with van der Waals surface area (Å²) in [5.41, 5.74) is 7.03. The van der Waals surface area contributed by atoms with Crippen LogP contribution in [0.3, 0.4) is 0 Å². The van der Waals surface area contributed by atoms with Gasteiger partial charge < -0.3 is 27.8 Å². The Hall–Kier alpha value is -4.45. The number of morpholine rings is 2. The molecule has 6 rings (SSSR count). The summed E-state index contributed by atoms with van der Waals surface area (Å²) < 4.78 is 36.2. The molecule has 0 atom stereocenters. The zero-order valence-electron chi connectivity index (χ0n) is 32.9. The Morgan fingerprint density at radius 2 is 0.982 bits per heavy atom. The minimum Gasteiger partial charge on any atom is -0.493 e. The average molecular weight is 787 g/mol. The third-order valence-corrected chi connectivity index (χ3v) is 10.6. The summed E-state index contributed by atoms with van der Waals surface area (Å²) >= 11 is 0. The second-order valence-electron chi connectivity index (χ2n) is 14.2. The summed E-state index contributed by atoms with van der Waals surface area (Å²) in [6, 6.07) is 4.13. The SMILES string of the molecule is C=CCc1cc2c(C)c(CN3CCOCC3)c(=O)oc2c(CC=C)c1OCCCOc1c(CC=C)cc2c(C)c(CN3CCOCC3)c(=O)oc2c1CC=C.Cl. The minimum atomic E-state index is -0.335. The molecule has 0 amide bonds. The van der Waals surface area contributed by atoms with Gasteiger partial charge in [-0.2, -0.15) is 0 Å². The van der Waals surface area contributed by atoms with Gasteiger partial charge in [0, 0.05) is 67.6 Å². The van der Waals surface area contributed by atoms with Gasteiger partial charge in [0.2, 0.25) is 0 Å². The molecule has 2 aromatic heterocycles. The second-order valence-corrected chi connectivity index (χ2v) is 14.2. The highest BCUT2D eigenvalue weighted by Crippen LogP contribution is 2.37. The summed E-state index contributed by atoms with van der Waals surface area (Å²) in [4.78, 5) is 31.3. The van der Waals surface area contributed by atoms with Gasteiger partial charge in [0.05, 0.1) is 50.8 Å². The molecular weight excluding hydrogens is 732 g/mol. The van der Waals surface area contributed by atoms with Crippen molar-refractivity contribution in [1.29, 1.82) is 0 Å². The molecule has 2 aliphatic rings. The summed E-state index contributed by atoms with van der Waals surface area (Å²) in [5.74, 6) is 1.35. The number of ether oxygens (including phenoxy) is 4. The van der Waals surface area contributed by atoms with Crippen LogP contribution in [0.5, 0.6) is 11.5 Å². The molecule has 2 aliphatic heterocycles. The maximum atomic E-state index is 13.4. The number of halogens is 1. The predicted octanol–water partition coefficient (Wildman–Crippen LogP) is 7.36. The van der Waals surface area contributed by atoms with Crippen LogP contribution >= 0.6 is 12.4 Å². The number of fused-ring (bicyclic) bond motifs is 2. The largest absolute Gasteiger partial charge is 0.493 e. The Morgan fingerprint density at radius 1 is 0.607 bits per heavy atom. The molecule has 0 N–H and O–H groups in total. The number of rotatable bonds is 18. The first-order valence-electron chi connectivity index (χ1n) is 19.3. The van der Waals surface area contributed by atoms with E-state index in [1.807, 2.05) is 26.0 Å². The Bertz CT molecular complexity index is 2020. The summed E-state index contributed by atoms with van der Waals surface area (Å²) in [6.07, 6.45) is 9.94. The maximum absolute atomic E-state index is 13.4. The molecule has 10 nitrogen and oxygen atoms in total. The molecule has 300 valence electrons. The van der Waals surface area contributed by atoms with Gasteiger partial charge in [-0.3, -0.25) is 9.80 Å². The van der Waals surface area contributed by atoms with Crippen molar-refractivity contribution in [2.24, 2.45) is 0 Å². The Balaban J connectivity index is 0.00000600. The molecule has 56 heavy (non-hydrogen) atoms. The van der Waals surface area contributed by atoms with E-state index in [0.29, 0.717) is 119 Å². The molecule has 2 aromatic carbocycles. The zero-order chi connectivity index (χ0) is 38.9. The van der Waals surface area contributed by atoms with E-state index in [2.05, 4.69) is 48.2 Å². The van der Waals surface area contributed by atoms with Crippen molar-refractivity contribution in [3.05, 3.63) is 128 Å². The standard InChI is InChI=1S/C45H54N2O8.ClH/c1-7-12-32-26-36-30(5)38(28-46-16-22-50-23-17-46)44(48)54-42(36)34(14-9-3)40(32)52-20-11-21-53-41-33(13-8-2)27-37-31(6)39(29-47-18-24-51-25-19-47)45(49)55-43(37)35(41)15-10-4;/h7-10,26-27H,1-4,11-25,28-29H2,5-6H3;1H. The number of hydrogen-bond donors (Lipinski definition) is 0. The van der Waals surface area contributed by atoms with Gasteiger partial charge in [0.15, 0.2) is 0 Å². The van der Waals surface area contributed by atoms with Crippen LogP contribution in [-0.4, -0.2) is 75.6 Å². The van der Waals surface area contributed by atoms with Crippen molar-refractivity contribution >= 4 is 34.3 Å². The maximum Gasteiger partial charge on any atom is 0.341 e. The lowest BCUT2D eigenvalue weighted by molar-refractivity contribution is 0.0336. The second kappa shape index (κ2) is 20.1. The van der Waals surface area contributed by atoms with Gasteiger partial charge in [0.25, 0.3) is 0 Å². The van der Waals surface area contributed by atoms with Crippen LogP contribution in [0.1, 0.15) is 50.9 Å². The fourth-order valence-electron chi connectivity index (χ4n) is 7.63. The highest BCUT2D eigenvalue weighted by Gasteiger charge is 2.24. The van der Waals surface area contributed by atoms with E-state index in [1.165, 1.54) is 0 Å². The van der Waals surface area contributed by atoms with Gasteiger partial charge >= 0.3 is 11.3 Å². The number of aryl methyl sites for hydroxylation is 2. The van der Waals surface area contributed by atoms with Crippen molar-refractivity contribution in [3.63, 3.8) is 0 Å². The normalized spacial score (nSPS) is 15.0. The number of benzene rings is 2. The lowest BCUT2D eigenvalue weighted by Gasteiger charge is -2.27. The van der Waals surface area contributed by atoms with Crippen molar-refractivity contribution < 1.29 is 27.8 Å². The lowest BCUT2D eigenvalue weighted by atomic mass is 9.96. The fourth-order valence-corrected chi connectivity index (χ4v) is 7.63. The molecule has 0 unspecified atom stereocenters. The smallest absolute Gasteiger partial charge is 0.341 e. The zero-order valence-corrected chi connectivity index (χ0v) is 33.7. The van der Waals surface area contributed by atoms with Crippen LogP contribution in [0.25, 0.3) is 21.9 Å². The third kappa shape index (κ3) is 9.39. The fraction of sp³-hybridized carbons (Fsp3) is 0.422. The molecule has 0 bridgehead atoms. The Labute approximate surface area is 335 Å². The van der Waals surface area contributed by atoms with E-state index in [9.17, 15) is 9.59 Å². The van der Waals surface area contributed by atoms with Gasteiger partial charge in [-0.1, -0.05) is 24.3 Å². The van der Waals surface area contributed by atoms with Crippen LogP contribution in [0, 0.1) is 13.8 Å². The van der Waals surface area contributed by atoms with E-state index < -0.39 is 0 Å². The molecule has 0 saturated carbocycles. The van der Waals surface area contributed by atoms with Gasteiger partial charge in [-0.25, -0.2) is 9.59 Å². The summed E-state index contributed by atoms with van der Waals surface area (Å²) in [6.45, 7) is 27.4. The van der Waals surface area contributed by atoms with Crippen molar-refractivity contribution in [2.75, 3.05) is 65.8 Å². The van der Waals surface area contributed by atoms with E-state index in [-0.39, 0.29) is 23.7 Å². The monoisotopic (exact) mass is 786 g/mol. The molecule has 0 spiro atoms.